The highest BCUT2D eigenvalue weighted by atomic mass is 16.2. The predicted molar refractivity (Wildman–Crippen MR) is 70.4 cm³/mol. The number of amides is 1. The Morgan fingerprint density at radius 1 is 1.58 bits per heavy atom. The van der Waals surface area contributed by atoms with E-state index in [0.717, 1.165) is 0 Å². The molecule has 0 fully saturated rings. The van der Waals surface area contributed by atoms with Crippen LogP contribution in [0.25, 0.3) is 0 Å². The van der Waals surface area contributed by atoms with Gasteiger partial charge < -0.3 is 15.6 Å². The zero-order chi connectivity index (χ0) is 13.7. The summed E-state index contributed by atoms with van der Waals surface area (Å²) in [6, 6.07) is 1.83. The van der Waals surface area contributed by atoms with Gasteiger partial charge >= 0.3 is 0 Å². The van der Waals surface area contributed by atoms with Crippen LogP contribution in [0.4, 0.5) is 0 Å². The number of imidazole rings is 1. The highest BCUT2D eigenvalue weighted by Gasteiger charge is 2.12. The number of hydrogen-bond donors (Lipinski definition) is 2. The largest absolute Gasteiger partial charge is 0.346 e. The summed E-state index contributed by atoms with van der Waals surface area (Å²) in [5.74, 6) is -0.185. The van der Waals surface area contributed by atoms with E-state index < -0.39 is 0 Å². The average molecular weight is 262 g/mol. The first-order valence-electron chi connectivity index (χ1n) is 6.19. The summed E-state index contributed by atoms with van der Waals surface area (Å²) < 4.78 is 3.57. The van der Waals surface area contributed by atoms with Gasteiger partial charge in [0.05, 0.1) is 12.9 Å². The molecule has 0 aliphatic carbocycles. The number of nitrogens with two attached hydrogens (primary N) is 1. The normalized spacial score (nSPS) is 12.3. The Morgan fingerprint density at radius 2 is 2.42 bits per heavy atom. The number of hydrogen-bond acceptors (Lipinski definition) is 4. The average Bonchev–Trinajstić information content (AvgIpc) is 3.00. The van der Waals surface area contributed by atoms with Crippen LogP contribution < -0.4 is 11.1 Å². The van der Waals surface area contributed by atoms with Crippen molar-refractivity contribution in [2.45, 2.75) is 26.1 Å². The van der Waals surface area contributed by atoms with E-state index in [1.54, 1.807) is 28.0 Å². The summed E-state index contributed by atoms with van der Waals surface area (Å²) in [5, 5.41) is 6.98. The van der Waals surface area contributed by atoms with Gasteiger partial charge in [0.1, 0.15) is 5.69 Å². The fraction of sp³-hybridized carbons (Fsp3) is 0.417. The van der Waals surface area contributed by atoms with Gasteiger partial charge in [-0.3, -0.25) is 9.48 Å². The SMILES string of the molecule is CC(Cn1cccn1)NC(=O)c1cn(CCN)cn1. The molecule has 19 heavy (non-hydrogen) atoms. The monoisotopic (exact) mass is 262 g/mol. The maximum Gasteiger partial charge on any atom is 0.271 e. The van der Waals surface area contributed by atoms with E-state index in [9.17, 15) is 4.79 Å². The molecule has 0 spiro atoms. The molecule has 102 valence electrons. The van der Waals surface area contributed by atoms with E-state index in [4.69, 9.17) is 5.73 Å². The molecule has 0 saturated heterocycles. The van der Waals surface area contributed by atoms with Crippen LogP contribution in [0.5, 0.6) is 0 Å². The second-order valence-electron chi connectivity index (χ2n) is 4.39. The molecule has 0 saturated carbocycles. The minimum atomic E-state index is -0.185. The van der Waals surface area contributed by atoms with Crippen molar-refractivity contribution in [1.82, 2.24) is 24.6 Å². The Hall–Kier alpha value is -2.15. The minimum absolute atomic E-state index is 0.0212. The maximum atomic E-state index is 12.0. The van der Waals surface area contributed by atoms with Crippen LogP contribution in [0.3, 0.4) is 0 Å². The van der Waals surface area contributed by atoms with Gasteiger partial charge in [-0.1, -0.05) is 0 Å². The summed E-state index contributed by atoms with van der Waals surface area (Å²) >= 11 is 0. The highest BCUT2D eigenvalue weighted by molar-refractivity contribution is 5.92. The molecule has 2 heterocycles. The first-order chi connectivity index (χ1) is 9.19. The second kappa shape index (κ2) is 6.14. The van der Waals surface area contributed by atoms with Crippen molar-refractivity contribution in [2.75, 3.05) is 6.54 Å². The number of nitrogens with zero attached hydrogens (tertiary/aromatic N) is 4. The van der Waals surface area contributed by atoms with E-state index >= 15 is 0 Å². The Balaban J connectivity index is 1.88. The van der Waals surface area contributed by atoms with Crippen LogP contribution in [0, 0.1) is 0 Å². The zero-order valence-electron chi connectivity index (χ0n) is 10.9. The van der Waals surface area contributed by atoms with Crippen molar-refractivity contribution >= 4 is 5.91 Å². The molecule has 1 amide bonds. The van der Waals surface area contributed by atoms with Gasteiger partial charge in [0, 0.05) is 37.7 Å². The highest BCUT2D eigenvalue weighted by Crippen LogP contribution is 1.98. The van der Waals surface area contributed by atoms with Crippen molar-refractivity contribution in [1.29, 1.82) is 0 Å². The van der Waals surface area contributed by atoms with Crippen molar-refractivity contribution < 1.29 is 4.79 Å². The summed E-state index contributed by atoms with van der Waals surface area (Å²) in [5.41, 5.74) is 5.85. The third-order valence-corrected chi connectivity index (χ3v) is 2.65. The molecule has 7 nitrogen and oxygen atoms in total. The predicted octanol–water partition coefficient (Wildman–Crippen LogP) is -0.143. The van der Waals surface area contributed by atoms with E-state index in [0.29, 0.717) is 25.3 Å². The van der Waals surface area contributed by atoms with Gasteiger partial charge in [-0.2, -0.15) is 5.10 Å². The summed E-state index contributed by atoms with van der Waals surface area (Å²) in [7, 11) is 0. The van der Waals surface area contributed by atoms with Gasteiger partial charge in [0.25, 0.3) is 5.91 Å². The molecule has 0 radical (unpaired) electrons. The van der Waals surface area contributed by atoms with Crippen molar-refractivity contribution in [2.24, 2.45) is 5.73 Å². The van der Waals surface area contributed by atoms with Gasteiger partial charge in [0.2, 0.25) is 0 Å². The molecule has 1 atom stereocenters. The number of carbonyl (C=O) groups is 1. The molecule has 2 rings (SSSR count). The second-order valence-corrected chi connectivity index (χ2v) is 4.39. The first kappa shape index (κ1) is 13.3. The number of rotatable bonds is 6. The topological polar surface area (TPSA) is 90.8 Å². The van der Waals surface area contributed by atoms with Crippen LogP contribution in [-0.4, -0.2) is 37.8 Å². The van der Waals surface area contributed by atoms with Crippen molar-refractivity contribution in [3.8, 4) is 0 Å². The number of aromatic nitrogens is 4. The molecule has 1 unspecified atom stereocenters. The number of nitrogens with one attached hydrogen (secondary N) is 1. The zero-order valence-corrected chi connectivity index (χ0v) is 10.9. The van der Waals surface area contributed by atoms with E-state index in [1.165, 1.54) is 0 Å². The third kappa shape index (κ3) is 3.65. The lowest BCUT2D eigenvalue weighted by Crippen LogP contribution is -2.36. The molecular weight excluding hydrogens is 244 g/mol. The molecule has 7 heteroatoms. The molecule has 0 bridgehead atoms. The third-order valence-electron chi connectivity index (χ3n) is 2.65. The maximum absolute atomic E-state index is 12.0. The summed E-state index contributed by atoms with van der Waals surface area (Å²) in [6.45, 7) is 3.73. The Kier molecular flexibility index (Phi) is 4.30. The molecule has 2 aromatic heterocycles. The molecule has 0 aromatic carbocycles. The van der Waals surface area contributed by atoms with Crippen molar-refractivity contribution in [3.63, 3.8) is 0 Å². The molecule has 3 N–H and O–H groups in total. The van der Waals surface area contributed by atoms with E-state index in [2.05, 4.69) is 15.4 Å². The van der Waals surface area contributed by atoms with Crippen LogP contribution in [0.1, 0.15) is 17.4 Å². The first-order valence-corrected chi connectivity index (χ1v) is 6.19. The Labute approximate surface area is 111 Å². The molecule has 0 aliphatic rings. The fourth-order valence-corrected chi connectivity index (χ4v) is 1.78. The lowest BCUT2D eigenvalue weighted by atomic mass is 10.3. The van der Waals surface area contributed by atoms with Gasteiger partial charge in [-0.05, 0) is 13.0 Å². The number of carbonyl (C=O) groups excluding carboxylic acids is 1. The molecule has 2 aromatic rings. The Morgan fingerprint density at radius 3 is 3.11 bits per heavy atom. The van der Waals surface area contributed by atoms with Gasteiger partial charge in [0.15, 0.2) is 0 Å². The van der Waals surface area contributed by atoms with E-state index in [-0.39, 0.29) is 11.9 Å². The fourth-order valence-electron chi connectivity index (χ4n) is 1.78. The molecular formula is C12H18N6O. The summed E-state index contributed by atoms with van der Waals surface area (Å²) in [6.07, 6.45) is 6.88. The van der Waals surface area contributed by atoms with E-state index in [1.807, 2.05) is 19.2 Å². The van der Waals surface area contributed by atoms with Crippen molar-refractivity contribution in [3.05, 3.63) is 36.7 Å². The van der Waals surface area contributed by atoms with Crippen LogP contribution >= 0.6 is 0 Å². The molecule has 0 aliphatic heterocycles. The lowest BCUT2D eigenvalue weighted by Gasteiger charge is -2.12. The van der Waals surface area contributed by atoms with Gasteiger partial charge in [-0.25, -0.2) is 4.98 Å². The van der Waals surface area contributed by atoms with Crippen LogP contribution in [-0.2, 0) is 13.1 Å². The van der Waals surface area contributed by atoms with Crippen LogP contribution in [0.2, 0.25) is 0 Å². The van der Waals surface area contributed by atoms with Crippen LogP contribution in [0.15, 0.2) is 31.0 Å². The quantitative estimate of drug-likeness (QED) is 0.758. The minimum Gasteiger partial charge on any atom is -0.346 e. The van der Waals surface area contributed by atoms with Gasteiger partial charge in [-0.15, -0.1) is 0 Å². The summed E-state index contributed by atoms with van der Waals surface area (Å²) in [4.78, 5) is 16.0. The standard InChI is InChI=1S/C12H18N6O/c1-10(7-18-5-2-4-15-18)16-12(19)11-8-17(6-3-13)9-14-11/h2,4-5,8-10H,3,6-7,13H2,1H3,(H,16,19). The smallest absolute Gasteiger partial charge is 0.271 e. The lowest BCUT2D eigenvalue weighted by molar-refractivity contribution is 0.0931. The Bertz CT molecular complexity index is 518.